The van der Waals surface area contributed by atoms with E-state index in [1.54, 1.807) is 0 Å². The van der Waals surface area contributed by atoms with Gasteiger partial charge in [0, 0.05) is 44.8 Å². The van der Waals surface area contributed by atoms with Crippen LogP contribution in [0.5, 0.6) is 5.75 Å². The predicted molar refractivity (Wildman–Crippen MR) is 102 cm³/mol. The summed E-state index contributed by atoms with van der Waals surface area (Å²) < 4.78 is 29.8. The minimum Gasteiger partial charge on any atom is -0.507 e. The van der Waals surface area contributed by atoms with Crippen LogP contribution in [0, 0.1) is 0 Å². The zero-order valence-corrected chi connectivity index (χ0v) is 16.7. The lowest BCUT2D eigenvalue weighted by Gasteiger charge is -2.33. The molecule has 1 aromatic rings. The first-order valence-electron chi connectivity index (χ1n) is 9.57. The molecule has 0 atom stereocenters. The fourth-order valence-corrected chi connectivity index (χ4v) is 4.60. The molecule has 0 amide bonds. The fraction of sp³-hybridized carbons (Fsp3) is 0.722. The molecule has 3 heterocycles. The van der Waals surface area contributed by atoms with Crippen molar-refractivity contribution in [1.29, 1.82) is 0 Å². The molecule has 2 saturated heterocycles. The number of sulfonamides is 1. The Labute approximate surface area is 160 Å². The third-order valence-electron chi connectivity index (χ3n) is 5.42. The van der Waals surface area contributed by atoms with Crippen LogP contribution >= 0.6 is 0 Å². The van der Waals surface area contributed by atoms with E-state index >= 15 is 0 Å². The minimum atomic E-state index is -3.19. The van der Waals surface area contributed by atoms with Crippen LogP contribution in [0.3, 0.4) is 0 Å². The van der Waals surface area contributed by atoms with Gasteiger partial charge in [-0.05, 0) is 25.9 Å². The van der Waals surface area contributed by atoms with Crippen molar-refractivity contribution < 1.29 is 17.9 Å². The van der Waals surface area contributed by atoms with Crippen LogP contribution in [0.25, 0.3) is 0 Å². The van der Waals surface area contributed by atoms with Gasteiger partial charge in [0.15, 0.2) is 0 Å². The standard InChI is InChI=1S/C18H29N3O5S/c1-27(24,25)21-10-8-20(9-11-21)13-16-17(22)15(14-26-18(16)23)12-19-6-4-2-3-5-7-19/h14,22H,2-13H2,1H3. The number of hydrogen-bond acceptors (Lipinski definition) is 7. The van der Waals surface area contributed by atoms with Gasteiger partial charge in [-0.2, -0.15) is 4.31 Å². The smallest absolute Gasteiger partial charge is 0.343 e. The van der Waals surface area contributed by atoms with Gasteiger partial charge in [0.2, 0.25) is 10.0 Å². The highest BCUT2D eigenvalue weighted by Gasteiger charge is 2.25. The second-order valence-corrected chi connectivity index (χ2v) is 9.49. The molecule has 0 bridgehead atoms. The number of hydrogen-bond donors (Lipinski definition) is 1. The maximum Gasteiger partial charge on any atom is 0.343 e. The van der Waals surface area contributed by atoms with Gasteiger partial charge >= 0.3 is 5.63 Å². The van der Waals surface area contributed by atoms with Gasteiger partial charge in [0.25, 0.3) is 0 Å². The summed E-state index contributed by atoms with van der Waals surface area (Å²) in [4.78, 5) is 16.4. The maximum absolute atomic E-state index is 12.2. The first-order chi connectivity index (χ1) is 12.8. The van der Waals surface area contributed by atoms with E-state index in [0.717, 1.165) is 25.9 Å². The summed E-state index contributed by atoms with van der Waals surface area (Å²) in [6, 6.07) is 0. The third kappa shape index (κ3) is 5.31. The highest BCUT2D eigenvalue weighted by molar-refractivity contribution is 7.88. The van der Waals surface area contributed by atoms with Crippen molar-refractivity contribution in [2.45, 2.75) is 38.8 Å². The van der Waals surface area contributed by atoms with E-state index < -0.39 is 15.6 Å². The van der Waals surface area contributed by atoms with Crippen molar-refractivity contribution in [3.8, 4) is 5.75 Å². The van der Waals surface area contributed by atoms with Gasteiger partial charge in [0.1, 0.15) is 12.0 Å². The summed E-state index contributed by atoms with van der Waals surface area (Å²) in [6.45, 7) is 4.62. The molecule has 2 aliphatic heterocycles. The lowest BCUT2D eigenvalue weighted by Crippen LogP contribution is -2.48. The molecule has 27 heavy (non-hydrogen) atoms. The molecule has 2 aliphatic rings. The summed E-state index contributed by atoms with van der Waals surface area (Å²) in [5.41, 5.74) is 0.369. The molecule has 8 nitrogen and oxygen atoms in total. The minimum absolute atomic E-state index is 0.0149. The SMILES string of the molecule is CS(=O)(=O)N1CCN(Cc2c(O)c(CN3CCCCCC3)coc2=O)CC1. The zero-order valence-electron chi connectivity index (χ0n) is 15.9. The van der Waals surface area contributed by atoms with E-state index in [4.69, 9.17) is 4.42 Å². The monoisotopic (exact) mass is 399 g/mol. The molecule has 2 fully saturated rings. The average Bonchev–Trinajstić information content (AvgIpc) is 2.89. The summed E-state index contributed by atoms with van der Waals surface area (Å²) in [5, 5.41) is 10.7. The summed E-state index contributed by atoms with van der Waals surface area (Å²) >= 11 is 0. The zero-order chi connectivity index (χ0) is 19.4. The van der Waals surface area contributed by atoms with Crippen LogP contribution in [0.15, 0.2) is 15.5 Å². The Balaban J connectivity index is 1.68. The van der Waals surface area contributed by atoms with E-state index in [1.807, 2.05) is 4.90 Å². The maximum atomic E-state index is 12.2. The molecule has 3 rings (SSSR count). The van der Waals surface area contributed by atoms with Crippen molar-refractivity contribution in [2.24, 2.45) is 0 Å². The van der Waals surface area contributed by atoms with Crippen molar-refractivity contribution in [3.63, 3.8) is 0 Å². The van der Waals surface area contributed by atoms with Gasteiger partial charge in [-0.3, -0.25) is 9.80 Å². The van der Waals surface area contributed by atoms with E-state index in [1.165, 1.54) is 29.7 Å². The summed E-state index contributed by atoms with van der Waals surface area (Å²) in [5.74, 6) is 0.0149. The second-order valence-electron chi connectivity index (χ2n) is 7.50. The van der Waals surface area contributed by atoms with Gasteiger partial charge in [-0.15, -0.1) is 0 Å². The summed E-state index contributed by atoms with van der Waals surface area (Å²) in [7, 11) is -3.19. The number of likely N-dealkylation sites (tertiary alicyclic amines) is 1. The van der Waals surface area contributed by atoms with Crippen LogP contribution in [-0.2, 0) is 23.1 Å². The Hall–Kier alpha value is -1.42. The molecule has 0 aliphatic carbocycles. The van der Waals surface area contributed by atoms with E-state index in [-0.39, 0.29) is 17.9 Å². The molecule has 0 aromatic carbocycles. The Morgan fingerprint density at radius 3 is 2.15 bits per heavy atom. The number of aromatic hydroxyl groups is 1. The molecule has 152 valence electrons. The van der Waals surface area contributed by atoms with E-state index in [0.29, 0.717) is 38.3 Å². The topological polar surface area (TPSA) is 94.3 Å². The molecule has 0 saturated carbocycles. The van der Waals surface area contributed by atoms with Crippen LogP contribution in [0.4, 0.5) is 0 Å². The molecule has 0 radical (unpaired) electrons. The molecule has 0 spiro atoms. The Kier molecular flexibility index (Phi) is 6.56. The molecular formula is C18H29N3O5S. The van der Waals surface area contributed by atoms with E-state index in [9.17, 15) is 18.3 Å². The highest BCUT2D eigenvalue weighted by Crippen LogP contribution is 2.24. The van der Waals surface area contributed by atoms with Crippen molar-refractivity contribution in [1.82, 2.24) is 14.1 Å². The molecule has 1 aromatic heterocycles. The second kappa shape index (κ2) is 8.72. The molecular weight excluding hydrogens is 370 g/mol. The lowest BCUT2D eigenvalue weighted by molar-refractivity contribution is 0.178. The average molecular weight is 400 g/mol. The lowest BCUT2D eigenvalue weighted by atomic mass is 10.1. The van der Waals surface area contributed by atoms with Crippen molar-refractivity contribution >= 4 is 10.0 Å². The van der Waals surface area contributed by atoms with Gasteiger partial charge in [0.05, 0.1) is 11.8 Å². The van der Waals surface area contributed by atoms with Crippen LogP contribution < -0.4 is 5.63 Å². The largest absolute Gasteiger partial charge is 0.507 e. The number of piperazine rings is 1. The van der Waals surface area contributed by atoms with Crippen molar-refractivity contribution in [3.05, 3.63) is 27.8 Å². The Bertz CT molecular complexity index is 792. The Morgan fingerprint density at radius 2 is 1.56 bits per heavy atom. The van der Waals surface area contributed by atoms with Crippen LogP contribution in [-0.4, -0.2) is 73.2 Å². The number of nitrogens with zero attached hydrogens (tertiary/aromatic N) is 3. The molecule has 9 heteroatoms. The first-order valence-corrected chi connectivity index (χ1v) is 11.4. The highest BCUT2D eigenvalue weighted by atomic mass is 32.2. The van der Waals surface area contributed by atoms with Crippen molar-refractivity contribution in [2.75, 3.05) is 45.5 Å². The quantitative estimate of drug-likeness (QED) is 0.782. The van der Waals surface area contributed by atoms with E-state index in [2.05, 4.69) is 4.90 Å². The van der Waals surface area contributed by atoms with Crippen LogP contribution in [0.2, 0.25) is 0 Å². The van der Waals surface area contributed by atoms with Gasteiger partial charge < -0.3 is 9.52 Å². The summed E-state index contributed by atoms with van der Waals surface area (Å²) in [6.07, 6.45) is 7.33. The fourth-order valence-electron chi connectivity index (χ4n) is 3.77. The van der Waals surface area contributed by atoms with Crippen LogP contribution in [0.1, 0.15) is 36.8 Å². The number of rotatable bonds is 5. The molecule has 1 N–H and O–H groups in total. The van der Waals surface area contributed by atoms with Gasteiger partial charge in [-0.1, -0.05) is 12.8 Å². The normalized spacial score (nSPS) is 21.2. The molecule has 0 unspecified atom stereocenters. The third-order valence-corrected chi connectivity index (χ3v) is 6.72. The Morgan fingerprint density at radius 1 is 0.963 bits per heavy atom. The van der Waals surface area contributed by atoms with Gasteiger partial charge in [-0.25, -0.2) is 13.2 Å². The first kappa shape index (κ1) is 20.3. The predicted octanol–water partition coefficient (Wildman–Crippen LogP) is 0.799.